The summed E-state index contributed by atoms with van der Waals surface area (Å²) in [6, 6.07) is 12.3. The van der Waals surface area contributed by atoms with Gasteiger partial charge in [-0.05, 0) is 49.1 Å². The summed E-state index contributed by atoms with van der Waals surface area (Å²) in [6.45, 7) is 2.57. The molecule has 0 atom stereocenters. The highest BCUT2D eigenvalue weighted by molar-refractivity contribution is 5.92. The molecule has 1 aliphatic rings. The van der Waals surface area contributed by atoms with Gasteiger partial charge in [-0.2, -0.15) is 0 Å². The minimum atomic E-state index is -0.0173. The fourth-order valence-corrected chi connectivity index (χ4v) is 3.25. The Kier molecular flexibility index (Phi) is 5.47. The Morgan fingerprint density at radius 1 is 1.21 bits per heavy atom. The van der Waals surface area contributed by atoms with Crippen LogP contribution in [-0.2, 0) is 6.54 Å². The van der Waals surface area contributed by atoms with Gasteiger partial charge in [0.2, 0.25) is 0 Å². The van der Waals surface area contributed by atoms with Crippen molar-refractivity contribution in [3.63, 3.8) is 0 Å². The standard InChI is InChI=1S/C20H25N3O/c1-16-7-5-11-19(13-16)23(15-17-8-6-12-21-14-17)20(24)22-18-9-3-2-4-10-18/h5-8,11-14,18H,2-4,9-10,15H2,1H3,(H,22,24). The van der Waals surface area contributed by atoms with Crippen LogP contribution in [0.15, 0.2) is 48.8 Å². The number of urea groups is 1. The summed E-state index contributed by atoms with van der Waals surface area (Å²) < 4.78 is 0. The van der Waals surface area contributed by atoms with Crippen molar-refractivity contribution >= 4 is 11.7 Å². The fraction of sp³-hybridized carbons (Fsp3) is 0.400. The number of carbonyl (C=O) groups is 1. The van der Waals surface area contributed by atoms with Crippen LogP contribution in [-0.4, -0.2) is 17.1 Å². The van der Waals surface area contributed by atoms with Crippen molar-refractivity contribution in [2.75, 3.05) is 4.90 Å². The molecule has 0 unspecified atom stereocenters. The molecule has 1 aromatic carbocycles. The van der Waals surface area contributed by atoms with Crippen LogP contribution in [0, 0.1) is 6.92 Å². The van der Waals surface area contributed by atoms with Crippen LogP contribution < -0.4 is 10.2 Å². The van der Waals surface area contributed by atoms with E-state index in [1.54, 1.807) is 6.20 Å². The molecule has 0 radical (unpaired) electrons. The Balaban J connectivity index is 1.79. The first-order chi connectivity index (χ1) is 11.7. The number of hydrogen-bond donors (Lipinski definition) is 1. The molecule has 1 fully saturated rings. The Labute approximate surface area is 143 Å². The number of nitrogens with one attached hydrogen (secondary N) is 1. The van der Waals surface area contributed by atoms with Crippen molar-refractivity contribution < 1.29 is 4.79 Å². The number of nitrogens with zero attached hydrogens (tertiary/aromatic N) is 2. The maximum atomic E-state index is 12.9. The zero-order valence-corrected chi connectivity index (χ0v) is 14.2. The molecule has 1 heterocycles. The molecule has 0 bridgehead atoms. The molecule has 2 amide bonds. The molecule has 4 nitrogen and oxygen atoms in total. The lowest BCUT2D eigenvalue weighted by atomic mass is 9.96. The van der Waals surface area contributed by atoms with E-state index in [0.717, 1.165) is 29.7 Å². The van der Waals surface area contributed by atoms with Gasteiger partial charge in [-0.3, -0.25) is 9.88 Å². The lowest BCUT2D eigenvalue weighted by Crippen LogP contribution is -2.45. The molecule has 4 heteroatoms. The summed E-state index contributed by atoms with van der Waals surface area (Å²) in [6.07, 6.45) is 9.43. The van der Waals surface area contributed by atoms with Crippen molar-refractivity contribution in [2.24, 2.45) is 0 Å². The molecular weight excluding hydrogens is 298 g/mol. The Morgan fingerprint density at radius 3 is 2.75 bits per heavy atom. The lowest BCUT2D eigenvalue weighted by molar-refractivity contribution is 0.238. The van der Waals surface area contributed by atoms with E-state index in [2.05, 4.69) is 16.4 Å². The van der Waals surface area contributed by atoms with E-state index >= 15 is 0 Å². The Morgan fingerprint density at radius 2 is 2.04 bits per heavy atom. The number of carbonyl (C=O) groups excluding carboxylic acids is 1. The maximum Gasteiger partial charge on any atom is 0.322 e. The smallest absolute Gasteiger partial charge is 0.322 e. The number of aryl methyl sites for hydroxylation is 1. The van der Waals surface area contributed by atoms with Gasteiger partial charge < -0.3 is 5.32 Å². The topological polar surface area (TPSA) is 45.2 Å². The number of anilines is 1. The predicted octanol–water partition coefficient (Wildman–Crippen LogP) is 4.44. The number of benzene rings is 1. The van der Waals surface area contributed by atoms with Gasteiger partial charge in [-0.15, -0.1) is 0 Å². The third-order valence-electron chi connectivity index (χ3n) is 4.55. The van der Waals surface area contributed by atoms with Gasteiger partial charge in [0.25, 0.3) is 0 Å². The fourth-order valence-electron chi connectivity index (χ4n) is 3.25. The van der Waals surface area contributed by atoms with Gasteiger partial charge in [0.15, 0.2) is 0 Å². The van der Waals surface area contributed by atoms with Crippen molar-refractivity contribution in [2.45, 2.75) is 51.6 Å². The third kappa shape index (κ3) is 4.34. The molecule has 0 aliphatic heterocycles. The van der Waals surface area contributed by atoms with Gasteiger partial charge in [0, 0.05) is 24.1 Å². The number of aromatic nitrogens is 1. The van der Waals surface area contributed by atoms with E-state index in [9.17, 15) is 4.79 Å². The predicted molar refractivity (Wildman–Crippen MR) is 97.0 cm³/mol. The molecular formula is C20H25N3O. The molecule has 1 aliphatic carbocycles. The second kappa shape index (κ2) is 7.95. The largest absolute Gasteiger partial charge is 0.335 e. The van der Waals surface area contributed by atoms with Crippen LogP contribution in [0.5, 0.6) is 0 Å². The van der Waals surface area contributed by atoms with Crippen LogP contribution in [0.3, 0.4) is 0 Å². The summed E-state index contributed by atoms with van der Waals surface area (Å²) in [5.74, 6) is 0. The normalized spacial score (nSPS) is 15.0. The average molecular weight is 323 g/mol. The summed E-state index contributed by atoms with van der Waals surface area (Å²) in [7, 11) is 0. The van der Waals surface area contributed by atoms with E-state index in [-0.39, 0.29) is 6.03 Å². The summed E-state index contributed by atoms with van der Waals surface area (Å²) in [5.41, 5.74) is 3.10. The number of rotatable bonds is 4. The van der Waals surface area contributed by atoms with Crippen LogP contribution in [0.2, 0.25) is 0 Å². The average Bonchev–Trinajstić information content (AvgIpc) is 2.61. The van der Waals surface area contributed by atoms with E-state index in [0.29, 0.717) is 12.6 Å². The van der Waals surface area contributed by atoms with Crippen molar-refractivity contribution in [3.8, 4) is 0 Å². The zero-order valence-electron chi connectivity index (χ0n) is 14.2. The van der Waals surface area contributed by atoms with Gasteiger partial charge >= 0.3 is 6.03 Å². The summed E-state index contributed by atoms with van der Waals surface area (Å²) in [4.78, 5) is 18.9. The molecule has 3 rings (SSSR count). The molecule has 0 spiro atoms. The van der Waals surface area contributed by atoms with Crippen molar-refractivity contribution in [1.82, 2.24) is 10.3 Å². The first-order valence-corrected chi connectivity index (χ1v) is 8.76. The van der Waals surface area contributed by atoms with Crippen LogP contribution in [0.4, 0.5) is 10.5 Å². The minimum absolute atomic E-state index is 0.0173. The molecule has 126 valence electrons. The Hall–Kier alpha value is -2.36. The van der Waals surface area contributed by atoms with Crippen LogP contribution in [0.1, 0.15) is 43.2 Å². The second-order valence-electron chi connectivity index (χ2n) is 6.57. The highest BCUT2D eigenvalue weighted by Crippen LogP contribution is 2.21. The van der Waals surface area contributed by atoms with Crippen LogP contribution in [0.25, 0.3) is 0 Å². The zero-order chi connectivity index (χ0) is 16.8. The lowest BCUT2D eigenvalue weighted by Gasteiger charge is -2.28. The van der Waals surface area contributed by atoms with E-state index in [1.165, 1.54) is 19.3 Å². The minimum Gasteiger partial charge on any atom is -0.335 e. The van der Waals surface area contributed by atoms with Crippen molar-refractivity contribution in [1.29, 1.82) is 0 Å². The van der Waals surface area contributed by atoms with Gasteiger partial charge in [0.05, 0.1) is 6.54 Å². The van der Waals surface area contributed by atoms with Gasteiger partial charge in [-0.25, -0.2) is 4.79 Å². The van der Waals surface area contributed by atoms with Gasteiger partial charge in [0.1, 0.15) is 0 Å². The first-order valence-electron chi connectivity index (χ1n) is 8.76. The second-order valence-corrected chi connectivity index (χ2v) is 6.57. The number of hydrogen-bond acceptors (Lipinski definition) is 2. The third-order valence-corrected chi connectivity index (χ3v) is 4.55. The van der Waals surface area contributed by atoms with Gasteiger partial charge in [-0.1, -0.05) is 37.5 Å². The molecule has 2 aromatic rings. The quantitative estimate of drug-likeness (QED) is 0.904. The highest BCUT2D eigenvalue weighted by atomic mass is 16.2. The SMILES string of the molecule is Cc1cccc(N(Cc2cccnc2)C(=O)NC2CCCCC2)c1. The van der Waals surface area contributed by atoms with Crippen molar-refractivity contribution in [3.05, 3.63) is 59.9 Å². The monoisotopic (exact) mass is 323 g/mol. The Bertz CT molecular complexity index is 666. The molecule has 1 saturated carbocycles. The van der Waals surface area contributed by atoms with E-state index in [1.807, 2.05) is 48.4 Å². The maximum absolute atomic E-state index is 12.9. The number of amides is 2. The van der Waals surface area contributed by atoms with E-state index < -0.39 is 0 Å². The van der Waals surface area contributed by atoms with Crippen LogP contribution >= 0.6 is 0 Å². The summed E-state index contributed by atoms with van der Waals surface area (Å²) in [5, 5.41) is 3.22. The molecule has 0 saturated heterocycles. The highest BCUT2D eigenvalue weighted by Gasteiger charge is 2.21. The molecule has 1 aromatic heterocycles. The summed E-state index contributed by atoms with van der Waals surface area (Å²) >= 11 is 0. The molecule has 1 N–H and O–H groups in total. The van der Waals surface area contributed by atoms with E-state index in [4.69, 9.17) is 0 Å². The number of pyridine rings is 1. The molecule has 24 heavy (non-hydrogen) atoms. The first kappa shape index (κ1) is 16.5.